The van der Waals surface area contributed by atoms with Crippen LogP contribution in [0.1, 0.15) is 18.4 Å². The molecule has 1 aliphatic rings. The molecule has 3 nitrogen and oxygen atoms in total. The summed E-state index contributed by atoms with van der Waals surface area (Å²) in [6, 6.07) is 1.59. The van der Waals surface area contributed by atoms with Crippen molar-refractivity contribution in [3.05, 3.63) is 29.3 Å². The lowest BCUT2D eigenvalue weighted by Crippen LogP contribution is -2.14. The van der Waals surface area contributed by atoms with Crippen LogP contribution >= 0.6 is 0 Å². The number of hydrogen-bond donors (Lipinski definition) is 1. The molecule has 0 radical (unpaired) electrons. The summed E-state index contributed by atoms with van der Waals surface area (Å²) in [6.45, 7) is 0. The lowest BCUT2D eigenvalue weighted by atomic mass is 10.1. The van der Waals surface area contributed by atoms with E-state index in [2.05, 4.69) is 0 Å². The van der Waals surface area contributed by atoms with Crippen LogP contribution in [0.15, 0.2) is 17.0 Å². The molecule has 6 heteroatoms. The van der Waals surface area contributed by atoms with E-state index in [0.29, 0.717) is 18.9 Å². The van der Waals surface area contributed by atoms with E-state index in [1.165, 1.54) is 0 Å². The molecule has 0 bridgehead atoms. The molecule has 94 valence electrons. The zero-order valence-corrected chi connectivity index (χ0v) is 10.0. The van der Waals surface area contributed by atoms with Gasteiger partial charge in [-0.3, -0.25) is 0 Å². The maximum absolute atomic E-state index is 13.8. The summed E-state index contributed by atoms with van der Waals surface area (Å²) < 4.78 is 49.6. The third-order valence-electron chi connectivity index (χ3n) is 2.83. The fourth-order valence-electron chi connectivity index (χ4n) is 1.69. The number of hydrogen-bond acceptors (Lipinski definition) is 3. The molecular weight excluding hydrogens is 250 g/mol. The summed E-state index contributed by atoms with van der Waals surface area (Å²) >= 11 is 0. The van der Waals surface area contributed by atoms with Crippen molar-refractivity contribution >= 4 is 9.84 Å². The molecule has 0 spiro atoms. The van der Waals surface area contributed by atoms with Crippen molar-refractivity contribution in [2.75, 3.05) is 6.26 Å². The third-order valence-corrected chi connectivity index (χ3v) is 3.92. The van der Waals surface area contributed by atoms with Gasteiger partial charge in [-0.1, -0.05) is 0 Å². The van der Waals surface area contributed by atoms with Crippen molar-refractivity contribution in [2.24, 2.45) is 0 Å². The summed E-state index contributed by atoms with van der Waals surface area (Å²) in [5, 5.41) is 9.65. The van der Waals surface area contributed by atoms with Gasteiger partial charge < -0.3 is 5.11 Å². The van der Waals surface area contributed by atoms with Crippen LogP contribution in [0.3, 0.4) is 0 Å². The zero-order chi connectivity index (χ0) is 12.8. The van der Waals surface area contributed by atoms with Gasteiger partial charge >= 0.3 is 0 Å². The smallest absolute Gasteiger partial charge is 0.178 e. The average molecular weight is 262 g/mol. The molecule has 1 N–H and O–H groups in total. The van der Waals surface area contributed by atoms with Gasteiger partial charge in [-0.15, -0.1) is 0 Å². The predicted octanol–water partition coefficient (Wildman–Crippen LogP) is 1.44. The van der Waals surface area contributed by atoms with Gasteiger partial charge in [0, 0.05) is 12.7 Å². The Morgan fingerprint density at radius 3 is 2.41 bits per heavy atom. The van der Waals surface area contributed by atoms with Crippen LogP contribution in [-0.4, -0.2) is 25.4 Å². The van der Waals surface area contributed by atoms with E-state index in [9.17, 15) is 22.3 Å². The molecule has 1 saturated carbocycles. The highest BCUT2D eigenvalue weighted by molar-refractivity contribution is 7.90. The van der Waals surface area contributed by atoms with Crippen LogP contribution in [0.5, 0.6) is 0 Å². The minimum atomic E-state index is -3.81. The first-order valence-electron chi connectivity index (χ1n) is 5.12. The van der Waals surface area contributed by atoms with Crippen molar-refractivity contribution in [2.45, 2.75) is 29.8 Å². The number of halogens is 2. The van der Waals surface area contributed by atoms with Gasteiger partial charge in [-0.25, -0.2) is 17.2 Å². The van der Waals surface area contributed by atoms with Crippen LogP contribution in [0.25, 0.3) is 0 Å². The summed E-state index contributed by atoms with van der Waals surface area (Å²) in [5.41, 5.74) is -1.09. The highest BCUT2D eigenvalue weighted by Gasteiger charge is 2.41. The van der Waals surface area contributed by atoms with Crippen LogP contribution < -0.4 is 0 Å². The number of rotatable bonds is 3. The van der Waals surface area contributed by atoms with E-state index in [4.69, 9.17) is 0 Å². The summed E-state index contributed by atoms with van der Waals surface area (Å²) in [7, 11) is -3.81. The van der Waals surface area contributed by atoms with Crippen molar-refractivity contribution < 1.29 is 22.3 Å². The van der Waals surface area contributed by atoms with Crippen LogP contribution in [0, 0.1) is 11.6 Å². The Morgan fingerprint density at radius 1 is 1.35 bits per heavy atom. The Kier molecular flexibility index (Phi) is 2.74. The Labute approximate surface area is 98.0 Å². The lowest BCUT2D eigenvalue weighted by molar-refractivity contribution is 0.149. The van der Waals surface area contributed by atoms with Gasteiger partial charge in [0.15, 0.2) is 9.84 Å². The van der Waals surface area contributed by atoms with Gasteiger partial charge in [0.25, 0.3) is 0 Å². The third kappa shape index (κ3) is 2.63. The molecular formula is C11H12F2O3S. The number of benzene rings is 1. The van der Waals surface area contributed by atoms with E-state index < -0.39 is 32.0 Å². The number of sulfone groups is 1. The monoisotopic (exact) mass is 262 g/mol. The molecule has 0 atom stereocenters. The van der Waals surface area contributed by atoms with Crippen molar-refractivity contribution in [1.82, 2.24) is 0 Å². The Morgan fingerprint density at radius 2 is 1.94 bits per heavy atom. The standard InChI is InChI=1S/C11H12F2O3S/c1-17(15,16)9-5-8(12)4-7(10(9)13)6-11(14)2-3-11/h4-5,14H,2-3,6H2,1H3. The minimum absolute atomic E-state index is 0.0564. The van der Waals surface area contributed by atoms with Gasteiger partial charge in [0.1, 0.15) is 16.5 Å². The topological polar surface area (TPSA) is 54.4 Å². The molecule has 0 amide bonds. The largest absolute Gasteiger partial charge is 0.390 e. The molecule has 1 fully saturated rings. The Bertz CT molecular complexity index is 562. The van der Waals surface area contributed by atoms with Crippen molar-refractivity contribution in [1.29, 1.82) is 0 Å². The van der Waals surface area contributed by atoms with Crippen molar-refractivity contribution in [3.8, 4) is 0 Å². The van der Waals surface area contributed by atoms with Gasteiger partial charge in [0.2, 0.25) is 0 Å². The normalized spacial score (nSPS) is 18.1. The summed E-state index contributed by atoms with van der Waals surface area (Å²) in [5.74, 6) is -1.78. The summed E-state index contributed by atoms with van der Waals surface area (Å²) in [6.07, 6.45) is 1.81. The fourth-order valence-corrected chi connectivity index (χ4v) is 2.48. The highest BCUT2D eigenvalue weighted by Crippen LogP contribution is 2.39. The SMILES string of the molecule is CS(=O)(=O)c1cc(F)cc(CC2(O)CC2)c1F. The first kappa shape index (κ1) is 12.4. The minimum Gasteiger partial charge on any atom is -0.390 e. The predicted molar refractivity (Wildman–Crippen MR) is 57.4 cm³/mol. The molecule has 1 aliphatic carbocycles. The molecule has 0 aliphatic heterocycles. The first-order chi connectivity index (χ1) is 7.71. The van der Waals surface area contributed by atoms with E-state index in [1.807, 2.05) is 0 Å². The van der Waals surface area contributed by atoms with Gasteiger partial charge in [-0.2, -0.15) is 0 Å². The summed E-state index contributed by atoms with van der Waals surface area (Å²) in [4.78, 5) is -0.656. The number of aliphatic hydroxyl groups is 1. The molecule has 17 heavy (non-hydrogen) atoms. The first-order valence-corrected chi connectivity index (χ1v) is 7.01. The molecule has 1 aromatic rings. The Balaban J connectivity index is 2.49. The molecule has 0 saturated heterocycles. The quantitative estimate of drug-likeness (QED) is 0.896. The molecule has 0 unspecified atom stereocenters. The molecule has 0 heterocycles. The van der Waals surface area contributed by atoms with Crippen LogP contribution in [0.2, 0.25) is 0 Å². The average Bonchev–Trinajstić information content (AvgIpc) is 2.87. The second-order valence-corrected chi connectivity index (χ2v) is 6.53. The highest BCUT2D eigenvalue weighted by atomic mass is 32.2. The van der Waals surface area contributed by atoms with E-state index in [-0.39, 0.29) is 12.0 Å². The maximum atomic E-state index is 13.8. The van der Waals surface area contributed by atoms with E-state index in [0.717, 1.165) is 12.3 Å². The molecule has 1 aromatic carbocycles. The second kappa shape index (κ2) is 3.74. The lowest BCUT2D eigenvalue weighted by Gasteiger charge is -2.11. The zero-order valence-electron chi connectivity index (χ0n) is 9.20. The van der Waals surface area contributed by atoms with Crippen LogP contribution in [0.4, 0.5) is 8.78 Å². The van der Waals surface area contributed by atoms with Crippen molar-refractivity contribution in [3.63, 3.8) is 0 Å². The van der Waals surface area contributed by atoms with E-state index >= 15 is 0 Å². The molecule has 2 rings (SSSR count). The van der Waals surface area contributed by atoms with Gasteiger partial charge in [-0.05, 0) is 30.5 Å². The molecule has 0 aromatic heterocycles. The fraction of sp³-hybridized carbons (Fsp3) is 0.455. The van der Waals surface area contributed by atoms with E-state index in [1.54, 1.807) is 0 Å². The maximum Gasteiger partial charge on any atom is 0.178 e. The van der Waals surface area contributed by atoms with Crippen LogP contribution in [-0.2, 0) is 16.3 Å². The van der Waals surface area contributed by atoms with Gasteiger partial charge in [0.05, 0.1) is 5.60 Å². The second-order valence-electron chi connectivity index (χ2n) is 4.55. The Hall–Kier alpha value is -1.01.